The van der Waals surface area contributed by atoms with E-state index in [-0.39, 0.29) is 12.6 Å². The molecule has 0 aliphatic carbocycles. The molecule has 2 aliphatic rings. The van der Waals surface area contributed by atoms with Crippen LogP contribution in [0.1, 0.15) is 29.7 Å². The van der Waals surface area contributed by atoms with Crippen molar-refractivity contribution in [2.75, 3.05) is 52.5 Å². The summed E-state index contributed by atoms with van der Waals surface area (Å²) >= 11 is 0. The third-order valence-electron chi connectivity index (χ3n) is 5.65. The number of carbonyl (C=O) groups excluding carboxylic acids is 2. The molecule has 0 spiro atoms. The Kier molecular flexibility index (Phi) is 7.84. The highest BCUT2D eigenvalue weighted by Crippen LogP contribution is 2.30. The fourth-order valence-corrected chi connectivity index (χ4v) is 4.00. The van der Waals surface area contributed by atoms with Crippen molar-refractivity contribution in [1.82, 2.24) is 10.6 Å². The number of quaternary nitrogens is 2. The molecule has 8 nitrogen and oxygen atoms in total. The van der Waals surface area contributed by atoms with Gasteiger partial charge in [0.15, 0.2) is 0 Å². The Balaban J connectivity index is 1.80. The minimum atomic E-state index is -0.522. The summed E-state index contributed by atoms with van der Waals surface area (Å²) in [5, 5.41) is 7.91. The molecule has 0 unspecified atom stereocenters. The Labute approximate surface area is 178 Å². The largest absolute Gasteiger partial charge is 0.463 e. The Morgan fingerprint density at radius 2 is 2.07 bits per heavy atom. The molecular formula is C22H34N4O4+2. The van der Waals surface area contributed by atoms with Crippen LogP contribution in [0.25, 0.3) is 0 Å². The van der Waals surface area contributed by atoms with Crippen LogP contribution in [0.15, 0.2) is 29.5 Å². The number of urea groups is 1. The fraction of sp³-hybridized carbons (Fsp3) is 0.545. The first kappa shape index (κ1) is 22.3. The van der Waals surface area contributed by atoms with Crippen molar-refractivity contribution in [3.05, 3.63) is 46.2 Å². The van der Waals surface area contributed by atoms with E-state index in [1.165, 1.54) is 4.90 Å². The number of carbonyl (C=O) groups is 2. The maximum absolute atomic E-state index is 12.9. The molecule has 8 heteroatoms. The van der Waals surface area contributed by atoms with Crippen molar-refractivity contribution in [2.45, 2.75) is 26.8 Å². The summed E-state index contributed by atoms with van der Waals surface area (Å²) in [5.74, 6) is -0.391. The average Bonchev–Trinajstić information content (AvgIpc) is 2.73. The molecule has 30 heavy (non-hydrogen) atoms. The first-order valence-corrected chi connectivity index (χ1v) is 10.8. The Morgan fingerprint density at radius 1 is 1.30 bits per heavy atom. The van der Waals surface area contributed by atoms with Crippen LogP contribution in [0, 0.1) is 13.8 Å². The van der Waals surface area contributed by atoms with Crippen LogP contribution >= 0.6 is 0 Å². The van der Waals surface area contributed by atoms with E-state index in [0.717, 1.165) is 56.1 Å². The van der Waals surface area contributed by atoms with Crippen molar-refractivity contribution in [3.63, 3.8) is 0 Å². The molecular weight excluding hydrogens is 384 g/mol. The lowest BCUT2D eigenvalue weighted by Gasteiger charge is -2.30. The second-order valence-electron chi connectivity index (χ2n) is 7.90. The van der Waals surface area contributed by atoms with E-state index in [4.69, 9.17) is 9.47 Å². The molecule has 1 aromatic carbocycles. The first-order chi connectivity index (χ1) is 14.5. The average molecular weight is 419 g/mol. The number of rotatable bonds is 8. The number of nitrogens with one attached hydrogen (secondary N) is 3. The highest BCUT2D eigenvalue weighted by molar-refractivity contribution is 5.95. The molecule has 164 valence electrons. The zero-order chi connectivity index (χ0) is 21.5. The van der Waals surface area contributed by atoms with Gasteiger partial charge in [-0.05, 0) is 31.9 Å². The van der Waals surface area contributed by atoms with Crippen molar-refractivity contribution >= 4 is 12.0 Å². The van der Waals surface area contributed by atoms with Gasteiger partial charge < -0.3 is 30.3 Å². The minimum Gasteiger partial charge on any atom is -0.463 e. The SMILES string of the molecule is CCOC(=O)C1=C(C[NH2+]CC[NH+]2CCOCC2)NC(=O)N[C@@H]1c1cc(C)ccc1C. The van der Waals surface area contributed by atoms with E-state index in [0.29, 0.717) is 17.8 Å². The molecule has 2 heterocycles. The number of benzene rings is 1. The number of hydrogen-bond acceptors (Lipinski definition) is 4. The van der Waals surface area contributed by atoms with Crippen molar-refractivity contribution in [2.24, 2.45) is 0 Å². The second-order valence-corrected chi connectivity index (χ2v) is 7.90. The smallest absolute Gasteiger partial charge is 0.338 e. The molecule has 0 aromatic heterocycles. The first-order valence-electron chi connectivity index (χ1n) is 10.8. The minimum absolute atomic E-state index is 0.285. The van der Waals surface area contributed by atoms with Gasteiger partial charge in [-0.2, -0.15) is 0 Å². The van der Waals surface area contributed by atoms with Gasteiger partial charge in [-0.3, -0.25) is 0 Å². The molecule has 3 rings (SSSR count). The normalized spacial score (nSPS) is 20.0. The van der Waals surface area contributed by atoms with Gasteiger partial charge in [-0.1, -0.05) is 23.8 Å². The second kappa shape index (κ2) is 10.6. The summed E-state index contributed by atoms with van der Waals surface area (Å²) in [7, 11) is 0. The van der Waals surface area contributed by atoms with E-state index in [9.17, 15) is 9.59 Å². The molecule has 0 radical (unpaired) electrons. The highest BCUT2D eigenvalue weighted by Gasteiger charge is 2.35. The molecule has 2 aliphatic heterocycles. The summed E-state index contributed by atoms with van der Waals surface area (Å²) in [6.45, 7) is 12.2. The van der Waals surface area contributed by atoms with Gasteiger partial charge in [0.25, 0.3) is 0 Å². The van der Waals surface area contributed by atoms with E-state index < -0.39 is 12.0 Å². The van der Waals surface area contributed by atoms with E-state index in [1.807, 2.05) is 32.0 Å². The van der Waals surface area contributed by atoms with Crippen LogP contribution in [-0.2, 0) is 14.3 Å². The van der Waals surface area contributed by atoms with Crippen LogP contribution in [0.4, 0.5) is 4.79 Å². The summed E-state index contributed by atoms with van der Waals surface area (Å²) in [6.07, 6.45) is 0. The third-order valence-corrected chi connectivity index (χ3v) is 5.65. The molecule has 5 N–H and O–H groups in total. The van der Waals surface area contributed by atoms with E-state index in [1.54, 1.807) is 6.92 Å². The Morgan fingerprint density at radius 3 is 2.80 bits per heavy atom. The number of aryl methyl sites for hydroxylation is 2. The Hall–Kier alpha value is -2.42. The lowest BCUT2D eigenvalue weighted by molar-refractivity contribution is -0.919. The van der Waals surface area contributed by atoms with Crippen LogP contribution in [0.5, 0.6) is 0 Å². The summed E-state index contributed by atoms with van der Waals surface area (Å²) in [4.78, 5) is 26.8. The van der Waals surface area contributed by atoms with Crippen LogP contribution in [0.3, 0.4) is 0 Å². The molecule has 1 aromatic rings. The fourth-order valence-electron chi connectivity index (χ4n) is 4.00. The van der Waals surface area contributed by atoms with Crippen molar-refractivity contribution < 1.29 is 29.3 Å². The lowest BCUT2D eigenvalue weighted by atomic mass is 9.91. The predicted octanol–water partition coefficient (Wildman–Crippen LogP) is -1.05. The maximum Gasteiger partial charge on any atom is 0.338 e. The van der Waals surface area contributed by atoms with E-state index in [2.05, 4.69) is 16.0 Å². The maximum atomic E-state index is 12.9. The number of amides is 2. The summed E-state index contributed by atoms with van der Waals surface area (Å²) < 4.78 is 10.8. The van der Waals surface area contributed by atoms with Gasteiger partial charge in [-0.25, -0.2) is 9.59 Å². The highest BCUT2D eigenvalue weighted by atomic mass is 16.5. The number of hydrogen-bond donors (Lipinski definition) is 4. The number of morpholine rings is 1. The molecule has 2 amide bonds. The predicted molar refractivity (Wildman–Crippen MR) is 112 cm³/mol. The monoisotopic (exact) mass is 418 g/mol. The van der Waals surface area contributed by atoms with Gasteiger partial charge >= 0.3 is 12.0 Å². The van der Waals surface area contributed by atoms with Gasteiger partial charge in [-0.15, -0.1) is 0 Å². The molecule has 1 fully saturated rings. The summed E-state index contributed by atoms with van der Waals surface area (Å²) in [5.41, 5.74) is 4.13. The lowest BCUT2D eigenvalue weighted by Crippen LogP contribution is -3.16. The zero-order valence-corrected chi connectivity index (χ0v) is 18.2. The quantitative estimate of drug-likeness (QED) is 0.320. The number of esters is 1. The molecule has 0 saturated carbocycles. The zero-order valence-electron chi connectivity index (χ0n) is 18.2. The van der Waals surface area contributed by atoms with Crippen LogP contribution in [0.2, 0.25) is 0 Å². The summed E-state index contributed by atoms with van der Waals surface area (Å²) in [6, 6.07) is 5.24. The van der Waals surface area contributed by atoms with Crippen molar-refractivity contribution in [3.8, 4) is 0 Å². The number of nitrogens with two attached hydrogens (primary N) is 1. The van der Waals surface area contributed by atoms with Gasteiger partial charge in [0.1, 0.15) is 32.7 Å². The van der Waals surface area contributed by atoms with Crippen LogP contribution < -0.4 is 20.9 Å². The van der Waals surface area contributed by atoms with Gasteiger partial charge in [0, 0.05) is 0 Å². The molecule has 0 bridgehead atoms. The standard InChI is InChI=1S/C22H32N4O4/c1-4-30-21(27)19-18(14-23-7-8-26-9-11-29-12-10-26)24-22(28)25-20(19)17-13-15(2)5-6-16(17)3/h5-6,13,20,23H,4,7-12,14H2,1-3H3,(H2,24,25,28)/p+2/t20-/m1/s1. The molecule has 1 atom stereocenters. The van der Waals surface area contributed by atoms with Crippen molar-refractivity contribution in [1.29, 1.82) is 0 Å². The Bertz CT molecular complexity index is 802. The van der Waals surface area contributed by atoms with E-state index >= 15 is 0 Å². The molecule has 1 saturated heterocycles. The van der Waals surface area contributed by atoms with Crippen LogP contribution in [-0.4, -0.2) is 64.5 Å². The third kappa shape index (κ3) is 5.59. The topological polar surface area (TPSA) is 97.7 Å². The van der Waals surface area contributed by atoms with Gasteiger partial charge in [0.05, 0.1) is 37.1 Å². The number of ether oxygens (including phenoxy) is 2. The van der Waals surface area contributed by atoms with Gasteiger partial charge in [0.2, 0.25) is 0 Å².